The molecule has 0 unspecified atom stereocenters. The lowest BCUT2D eigenvalue weighted by molar-refractivity contribution is -0.498. The van der Waals surface area contributed by atoms with Gasteiger partial charge in [-0.05, 0) is 19.1 Å². The number of hydrogen-bond donors (Lipinski definition) is 5. The van der Waals surface area contributed by atoms with E-state index in [1.807, 2.05) is 0 Å². The summed E-state index contributed by atoms with van der Waals surface area (Å²) in [5.41, 5.74) is -1.78. The van der Waals surface area contributed by atoms with Crippen LogP contribution in [0.3, 0.4) is 0 Å². The van der Waals surface area contributed by atoms with Gasteiger partial charge in [-0.15, -0.1) is 11.8 Å². The molecule has 1 fully saturated rings. The lowest BCUT2D eigenvalue weighted by atomic mass is 9.88. The number of esters is 3. The molecule has 6 atom stereocenters. The summed E-state index contributed by atoms with van der Waals surface area (Å²) in [6, 6.07) is 6.09. The Morgan fingerprint density at radius 1 is 0.946 bits per heavy atom. The number of thioether (sulfide) groups is 1. The molecule has 2 rings (SSSR count). The standard InChI is InChI=1S/C22H27NO13S/c1-11-20(30,34-12(2)24)22(32,36-14(4)26)21(31,35-13(3)25)19(33-11)37-10-16(18(28)29)23-17(27)15-8-6-5-7-9-15/h5-9,11,16,19,30-32H,10H2,1-4H3,(H,23,27)(H,28,29)/t11-,16-,19-,20-,21-,22-/m0/s1. The summed E-state index contributed by atoms with van der Waals surface area (Å²) in [5, 5.41) is 45.6. The highest BCUT2D eigenvalue weighted by atomic mass is 32.2. The van der Waals surface area contributed by atoms with Gasteiger partial charge in [0.05, 0.1) is 0 Å². The van der Waals surface area contributed by atoms with Crippen LogP contribution in [0.1, 0.15) is 38.1 Å². The van der Waals surface area contributed by atoms with Crippen LogP contribution in [-0.2, 0) is 38.1 Å². The Labute approximate surface area is 214 Å². The van der Waals surface area contributed by atoms with Crippen LogP contribution < -0.4 is 5.32 Å². The topological polar surface area (TPSA) is 215 Å². The first-order valence-corrected chi connectivity index (χ1v) is 11.7. The van der Waals surface area contributed by atoms with Crippen LogP contribution in [0, 0.1) is 0 Å². The number of aliphatic hydroxyl groups is 3. The fourth-order valence-electron chi connectivity index (χ4n) is 3.47. The minimum atomic E-state index is -3.65. The third kappa shape index (κ3) is 6.19. The minimum absolute atomic E-state index is 0.161. The van der Waals surface area contributed by atoms with Crippen LogP contribution >= 0.6 is 11.8 Å². The van der Waals surface area contributed by atoms with E-state index < -0.39 is 70.5 Å². The van der Waals surface area contributed by atoms with Gasteiger partial charge >= 0.3 is 41.2 Å². The molecule has 0 saturated carbocycles. The fourth-order valence-corrected chi connectivity index (χ4v) is 4.74. The predicted octanol–water partition coefficient (Wildman–Crippen LogP) is -0.897. The zero-order valence-corrected chi connectivity index (χ0v) is 21.0. The van der Waals surface area contributed by atoms with Crippen molar-refractivity contribution in [1.82, 2.24) is 5.32 Å². The zero-order valence-electron chi connectivity index (χ0n) is 20.2. The Hall–Kier alpha value is -3.24. The van der Waals surface area contributed by atoms with E-state index in [9.17, 15) is 44.4 Å². The second-order valence-electron chi connectivity index (χ2n) is 7.99. The maximum absolute atomic E-state index is 12.4. The van der Waals surface area contributed by atoms with Crippen molar-refractivity contribution in [1.29, 1.82) is 0 Å². The van der Waals surface area contributed by atoms with E-state index in [4.69, 9.17) is 18.9 Å². The van der Waals surface area contributed by atoms with E-state index in [2.05, 4.69) is 5.32 Å². The van der Waals surface area contributed by atoms with Gasteiger partial charge in [0.15, 0.2) is 5.44 Å². The number of carboxylic acid groups (broad SMARTS) is 1. The molecule has 5 N–H and O–H groups in total. The summed E-state index contributed by atoms with van der Waals surface area (Å²) in [7, 11) is 0. The van der Waals surface area contributed by atoms with E-state index in [-0.39, 0.29) is 5.56 Å². The number of aliphatic carboxylic acids is 1. The molecule has 14 nitrogen and oxygen atoms in total. The highest BCUT2D eigenvalue weighted by molar-refractivity contribution is 7.99. The van der Waals surface area contributed by atoms with Crippen molar-refractivity contribution < 1.29 is 63.3 Å². The Morgan fingerprint density at radius 2 is 1.46 bits per heavy atom. The maximum Gasteiger partial charge on any atom is 0.350 e. The summed E-state index contributed by atoms with van der Waals surface area (Å²) in [4.78, 5) is 59.6. The number of rotatable bonds is 9. The molecule has 0 aliphatic carbocycles. The van der Waals surface area contributed by atoms with Crippen molar-refractivity contribution in [3.63, 3.8) is 0 Å². The molecule has 1 aliphatic rings. The van der Waals surface area contributed by atoms with Gasteiger partial charge in [0.25, 0.3) is 5.91 Å². The van der Waals surface area contributed by atoms with Gasteiger partial charge in [-0.25, -0.2) is 4.79 Å². The van der Waals surface area contributed by atoms with Gasteiger partial charge in [-0.2, -0.15) is 0 Å². The summed E-state index contributed by atoms with van der Waals surface area (Å²) in [5.74, 6) is -16.9. The van der Waals surface area contributed by atoms with Crippen LogP contribution in [0.5, 0.6) is 0 Å². The first kappa shape index (κ1) is 30.0. The van der Waals surface area contributed by atoms with Gasteiger partial charge in [-0.1, -0.05) is 18.2 Å². The predicted molar refractivity (Wildman–Crippen MR) is 122 cm³/mol. The molecule has 1 aromatic rings. The number of benzene rings is 1. The minimum Gasteiger partial charge on any atom is -0.480 e. The highest BCUT2D eigenvalue weighted by Gasteiger charge is 2.79. The monoisotopic (exact) mass is 545 g/mol. The quantitative estimate of drug-likeness (QED) is 0.144. The second kappa shape index (κ2) is 11.4. The van der Waals surface area contributed by atoms with Crippen molar-refractivity contribution >= 4 is 41.5 Å². The molecule has 0 radical (unpaired) electrons. The lowest BCUT2D eigenvalue weighted by Gasteiger charge is -2.55. The van der Waals surface area contributed by atoms with Crippen LogP contribution in [0.4, 0.5) is 0 Å². The number of hydrogen-bond acceptors (Lipinski definition) is 13. The Balaban J connectivity index is 2.44. The SMILES string of the molecule is CC(=O)O[C@@]1(O)[C@@](O)(OC(C)=O)[C@H](C)O[C@@H](SC[C@H](NC(=O)c2ccccc2)C(=O)O)[C@]1(O)OC(C)=O. The van der Waals surface area contributed by atoms with Gasteiger partial charge < -0.3 is 44.7 Å². The molecule has 1 aromatic carbocycles. The molecule has 1 amide bonds. The van der Waals surface area contributed by atoms with Crippen molar-refractivity contribution in [2.45, 2.75) is 62.6 Å². The lowest BCUT2D eigenvalue weighted by Crippen LogP contribution is -2.82. The van der Waals surface area contributed by atoms with E-state index >= 15 is 0 Å². The number of amides is 1. The number of carbonyl (C=O) groups excluding carboxylic acids is 4. The molecule has 15 heteroatoms. The summed E-state index contributed by atoms with van der Waals surface area (Å²) >= 11 is 0.425. The molecule has 0 aromatic heterocycles. The fraction of sp³-hybridized carbons (Fsp3) is 0.500. The average molecular weight is 546 g/mol. The third-order valence-corrected chi connectivity index (χ3v) is 6.37. The van der Waals surface area contributed by atoms with Gasteiger partial charge in [0, 0.05) is 32.1 Å². The van der Waals surface area contributed by atoms with Gasteiger partial charge in [-0.3, -0.25) is 19.2 Å². The Kier molecular flexibility index (Phi) is 9.27. The highest BCUT2D eigenvalue weighted by Crippen LogP contribution is 2.50. The smallest absolute Gasteiger partial charge is 0.350 e. The van der Waals surface area contributed by atoms with Crippen LogP contribution in [0.15, 0.2) is 30.3 Å². The van der Waals surface area contributed by atoms with Crippen LogP contribution in [0.25, 0.3) is 0 Å². The molecule has 204 valence electrons. The van der Waals surface area contributed by atoms with Crippen LogP contribution in [0.2, 0.25) is 0 Å². The Morgan fingerprint density at radius 3 is 1.95 bits per heavy atom. The van der Waals surface area contributed by atoms with Crippen molar-refractivity contribution in [3.05, 3.63) is 35.9 Å². The van der Waals surface area contributed by atoms with E-state index in [0.29, 0.717) is 11.8 Å². The van der Waals surface area contributed by atoms with Crippen LogP contribution in [-0.4, -0.2) is 90.9 Å². The van der Waals surface area contributed by atoms with E-state index in [1.165, 1.54) is 12.1 Å². The maximum atomic E-state index is 12.4. The van der Waals surface area contributed by atoms with Gasteiger partial charge in [0.1, 0.15) is 12.1 Å². The zero-order chi connectivity index (χ0) is 28.2. The van der Waals surface area contributed by atoms with Crippen molar-refractivity contribution in [2.75, 3.05) is 5.75 Å². The molecule has 37 heavy (non-hydrogen) atoms. The van der Waals surface area contributed by atoms with Crippen molar-refractivity contribution in [2.24, 2.45) is 0 Å². The molecular formula is C22H27NO13S. The number of ether oxygens (including phenoxy) is 4. The van der Waals surface area contributed by atoms with E-state index in [0.717, 1.165) is 27.7 Å². The normalized spacial score (nSPS) is 29.9. The summed E-state index contributed by atoms with van der Waals surface area (Å²) in [6.07, 6.45) is -1.74. The van der Waals surface area contributed by atoms with Gasteiger partial charge in [0.2, 0.25) is 0 Å². The second-order valence-corrected chi connectivity index (χ2v) is 9.09. The average Bonchev–Trinajstić information content (AvgIpc) is 2.78. The largest absolute Gasteiger partial charge is 0.480 e. The molecule has 1 saturated heterocycles. The molecule has 1 aliphatic heterocycles. The Bertz CT molecular complexity index is 1050. The number of carbonyl (C=O) groups is 5. The molecule has 1 heterocycles. The summed E-state index contributed by atoms with van der Waals surface area (Å²) in [6.45, 7) is 3.49. The van der Waals surface area contributed by atoms with Crippen molar-refractivity contribution in [3.8, 4) is 0 Å². The molecule has 0 spiro atoms. The first-order chi connectivity index (χ1) is 17.1. The summed E-state index contributed by atoms with van der Waals surface area (Å²) < 4.78 is 19.8. The third-order valence-electron chi connectivity index (χ3n) is 5.11. The molecular weight excluding hydrogens is 518 g/mol. The molecule has 0 bridgehead atoms. The van der Waals surface area contributed by atoms with E-state index in [1.54, 1.807) is 18.2 Å². The number of carboxylic acids is 1. The number of nitrogens with one attached hydrogen (secondary N) is 1. The first-order valence-electron chi connectivity index (χ1n) is 10.7.